The second-order valence-electron chi connectivity index (χ2n) is 6.57. The fourth-order valence-corrected chi connectivity index (χ4v) is 3.28. The van der Waals surface area contributed by atoms with E-state index in [2.05, 4.69) is 11.4 Å². The Bertz CT molecular complexity index is 971. The number of carbonyl (C=O) groups is 1. The van der Waals surface area contributed by atoms with E-state index in [1.54, 1.807) is 0 Å². The van der Waals surface area contributed by atoms with E-state index in [1.165, 1.54) is 30.9 Å². The minimum atomic E-state index is -3.91. The molecule has 2 aromatic rings. The molecule has 1 amide bonds. The molecule has 152 valence electrons. The third kappa shape index (κ3) is 5.46. The van der Waals surface area contributed by atoms with Crippen molar-refractivity contribution in [2.75, 3.05) is 20.3 Å². The smallest absolute Gasteiger partial charge is 0.255 e. The Hall–Kier alpha value is -2.58. The molecule has 0 spiro atoms. The van der Waals surface area contributed by atoms with Crippen molar-refractivity contribution in [1.29, 1.82) is 0 Å². The van der Waals surface area contributed by atoms with E-state index >= 15 is 0 Å². The molecular weight excluding hydrogens is 380 g/mol. The molecular formula is C20H26N2O5S. The number of benzene rings is 2. The summed E-state index contributed by atoms with van der Waals surface area (Å²) in [6.45, 7) is 6.88. The Morgan fingerprint density at radius 1 is 1.11 bits per heavy atom. The van der Waals surface area contributed by atoms with Gasteiger partial charge in [-0.2, -0.15) is 0 Å². The van der Waals surface area contributed by atoms with Crippen molar-refractivity contribution in [3.05, 3.63) is 52.6 Å². The van der Waals surface area contributed by atoms with Crippen LogP contribution in [0.1, 0.15) is 33.5 Å². The number of methoxy groups -OCH3 is 1. The number of carbonyl (C=O) groups excluding carboxylic acids is 1. The quantitative estimate of drug-likeness (QED) is 0.655. The number of ether oxygens (including phenoxy) is 2. The Kier molecular flexibility index (Phi) is 7.04. The highest BCUT2D eigenvalue weighted by molar-refractivity contribution is 7.89. The van der Waals surface area contributed by atoms with Crippen LogP contribution < -0.4 is 19.9 Å². The highest BCUT2D eigenvalue weighted by atomic mass is 32.2. The van der Waals surface area contributed by atoms with Gasteiger partial charge in [-0.1, -0.05) is 6.07 Å². The molecule has 2 rings (SSSR count). The fraction of sp³-hybridized carbons (Fsp3) is 0.350. The summed E-state index contributed by atoms with van der Waals surface area (Å²) in [5.74, 6) is 0.670. The van der Waals surface area contributed by atoms with Gasteiger partial charge >= 0.3 is 0 Å². The number of rotatable bonds is 8. The first-order valence-electron chi connectivity index (χ1n) is 8.83. The van der Waals surface area contributed by atoms with Gasteiger partial charge in [0.2, 0.25) is 10.0 Å². The lowest BCUT2D eigenvalue weighted by atomic mass is 10.1. The van der Waals surface area contributed by atoms with Gasteiger partial charge in [-0.05, 0) is 68.1 Å². The van der Waals surface area contributed by atoms with E-state index in [4.69, 9.17) is 14.6 Å². The van der Waals surface area contributed by atoms with Crippen molar-refractivity contribution in [3.63, 3.8) is 0 Å². The molecule has 0 aliphatic carbocycles. The van der Waals surface area contributed by atoms with Gasteiger partial charge in [0.25, 0.3) is 5.91 Å². The zero-order chi connectivity index (χ0) is 20.9. The van der Waals surface area contributed by atoms with E-state index in [0.717, 1.165) is 16.9 Å². The SMILES string of the molecule is COc1ccc(S(N)(=O)=O)cc1C(=O)NCCCOc1cc(C)cc(C)c1C. The number of hydrogen-bond donors (Lipinski definition) is 2. The Morgan fingerprint density at radius 3 is 2.46 bits per heavy atom. The first-order valence-corrected chi connectivity index (χ1v) is 10.4. The topological polar surface area (TPSA) is 108 Å². The molecule has 0 radical (unpaired) electrons. The van der Waals surface area contributed by atoms with Crippen molar-refractivity contribution in [2.24, 2.45) is 5.14 Å². The summed E-state index contributed by atoms with van der Waals surface area (Å²) in [6, 6.07) is 8.00. The molecule has 0 saturated carbocycles. The Labute approximate surface area is 165 Å². The van der Waals surface area contributed by atoms with Gasteiger partial charge in [-0.15, -0.1) is 0 Å². The molecule has 3 N–H and O–H groups in total. The van der Waals surface area contributed by atoms with Gasteiger partial charge in [0.1, 0.15) is 11.5 Å². The van der Waals surface area contributed by atoms with Crippen LogP contribution in [-0.4, -0.2) is 34.6 Å². The van der Waals surface area contributed by atoms with E-state index < -0.39 is 15.9 Å². The normalized spacial score (nSPS) is 11.2. The Balaban J connectivity index is 1.94. The highest BCUT2D eigenvalue weighted by Crippen LogP contribution is 2.24. The van der Waals surface area contributed by atoms with Crippen molar-refractivity contribution in [2.45, 2.75) is 32.1 Å². The zero-order valence-electron chi connectivity index (χ0n) is 16.5. The number of amides is 1. The molecule has 0 aromatic heterocycles. The van der Waals surface area contributed by atoms with Crippen LogP contribution >= 0.6 is 0 Å². The molecule has 0 aliphatic heterocycles. The lowest BCUT2D eigenvalue weighted by Gasteiger charge is -2.13. The number of hydrogen-bond acceptors (Lipinski definition) is 5. The van der Waals surface area contributed by atoms with E-state index in [0.29, 0.717) is 19.6 Å². The largest absolute Gasteiger partial charge is 0.496 e. The number of nitrogens with two attached hydrogens (primary N) is 1. The molecule has 2 aromatic carbocycles. The van der Waals surface area contributed by atoms with Crippen molar-refractivity contribution < 1.29 is 22.7 Å². The first kappa shape index (κ1) is 21.7. The van der Waals surface area contributed by atoms with Gasteiger partial charge in [0.15, 0.2) is 0 Å². The van der Waals surface area contributed by atoms with Crippen LogP contribution in [0.2, 0.25) is 0 Å². The van der Waals surface area contributed by atoms with Gasteiger partial charge in [-0.3, -0.25) is 4.79 Å². The van der Waals surface area contributed by atoms with Gasteiger partial charge in [0.05, 0.1) is 24.2 Å². The minimum Gasteiger partial charge on any atom is -0.496 e. The van der Waals surface area contributed by atoms with Crippen LogP contribution in [-0.2, 0) is 10.0 Å². The molecule has 0 saturated heterocycles. The van der Waals surface area contributed by atoms with Crippen LogP contribution in [0.5, 0.6) is 11.5 Å². The van der Waals surface area contributed by atoms with Crippen molar-refractivity contribution >= 4 is 15.9 Å². The lowest BCUT2D eigenvalue weighted by Crippen LogP contribution is -2.26. The zero-order valence-corrected chi connectivity index (χ0v) is 17.4. The summed E-state index contributed by atoms with van der Waals surface area (Å²) in [5.41, 5.74) is 3.51. The van der Waals surface area contributed by atoms with Gasteiger partial charge in [-0.25, -0.2) is 13.6 Å². The number of primary sulfonamides is 1. The van der Waals surface area contributed by atoms with Crippen LogP contribution in [0.25, 0.3) is 0 Å². The fourth-order valence-electron chi connectivity index (χ4n) is 2.74. The van der Waals surface area contributed by atoms with Crippen molar-refractivity contribution in [1.82, 2.24) is 5.32 Å². The van der Waals surface area contributed by atoms with Crippen LogP contribution in [0.15, 0.2) is 35.2 Å². The molecule has 0 heterocycles. The van der Waals surface area contributed by atoms with Crippen LogP contribution in [0.3, 0.4) is 0 Å². The summed E-state index contributed by atoms with van der Waals surface area (Å²) >= 11 is 0. The second-order valence-corrected chi connectivity index (χ2v) is 8.13. The van der Waals surface area contributed by atoms with E-state index in [1.807, 2.05) is 26.8 Å². The minimum absolute atomic E-state index is 0.111. The lowest BCUT2D eigenvalue weighted by molar-refractivity contribution is 0.0948. The molecule has 0 aliphatic rings. The third-order valence-electron chi connectivity index (χ3n) is 4.37. The maximum absolute atomic E-state index is 12.4. The number of sulfonamides is 1. The molecule has 0 bridgehead atoms. The van der Waals surface area contributed by atoms with Crippen molar-refractivity contribution in [3.8, 4) is 11.5 Å². The van der Waals surface area contributed by atoms with Gasteiger partial charge < -0.3 is 14.8 Å². The summed E-state index contributed by atoms with van der Waals surface area (Å²) in [7, 11) is -2.50. The van der Waals surface area contributed by atoms with Crippen LogP contribution in [0.4, 0.5) is 0 Å². The number of aryl methyl sites for hydroxylation is 2. The monoisotopic (exact) mass is 406 g/mol. The number of nitrogens with one attached hydrogen (secondary N) is 1. The maximum atomic E-state index is 12.4. The predicted molar refractivity (Wildman–Crippen MR) is 107 cm³/mol. The standard InChI is InChI=1S/C20H26N2O5S/c1-13-10-14(2)15(3)19(11-13)27-9-5-8-22-20(23)17-12-16(28(21,24)25)6-7-18(17)26-4/h6-7,10-12H,5,8-9H2,1-4H3,(H,22,23)(H2,21,24,25). The Morgan fingerprint density at radius 2 is 1.82 bits per heavy atom. The molecule has 28 heavy (non-hydrogen) atoms. The molecule has 7 nitrogen and oxygen atoms in total. The summed E-state index contributed by atoms with van der Waals surface area (Å²) in [4.78, 5) is 12.3. The summed E-state index contributed by atoms with van der Waals surface area (Å²) in [6.07, 6.45) is 0.593. The maximum Gasteiger partial charge on any atom is 0.255 e. The predicted octanol–water partition coefficient (Wildman–Crippen LogP) is 2.47. The third-order valence-corrected chi connectivity index (χ3v) is 5.28. The van der Waals surface area contributed by atoms with Gasteiger partial charge in [0, 0.05) is 6.54 Å². The summed E-state index contributed by atoms with van der Waals surface area (Å²) < 4.78 is 34.0. The average molecular weight is 407 g/mol. The first-order chi connectivity index (χ1) is 13.1. The molecule has 0 atom stereocenters. The van der Waals surface area contributed by atoms with Crippen LogP contribution in [0, 0.1) is 20.8 Å². The second kappa shape index (κ2) is 9.07. The summed E-state index contributed by atoms with van der Waals surface area (Å²) in [5, 5.41) is 7.87. The average Bonchev–Trinajstić information content (AvgIpc) is 2.63. The highest BCUT2D eigenvalue weighted by Gasteiger charge is 2.17. The van der Waals surface area contributed by atoms with E-state index in [-0.39, 0.29) is 16.2 Å². The molecule has 8 heteroatoms. The molecule has 0 fully saturated rings. The van der Waals surface area contributed by atoms with E-state index in [9.17, 15) is 13.2 Å². The molecule has 0 unspecified atom stereocenters.